The van der Waals surface area contributed by atoms with Crippen molar-refractivity contribution < 1.29 is 4.42 Å². The summed E-state index contributed by atoms with van der Waals surface area (Å²) < 4.78 is 8.62. The summed E-state index contributed by atoms with van der Waals surface area (Å²) >= 11 is 1.80. The molecule has 0 aliphatic carbocycles. The molecular weight excluding hydrogens is 657 g/mol. The van der Waals surface area contributed by atoms with Crippen molar-refractivity contribution in [2.24, 2.45) is 0 Å². The molecule has 7 aromatic carbocycles. The Kier molecular flexibility index (Phi) is 6.35. The van der Waals surface area contributed by atoms with Crippen molar-refractivity contribution in [1.82, 2.24) is 19.9 Å². The fraction of sp³-hybridized carbons (Fsp3) is 0. The van der Waals surface area contributed by atoms with Gasteiger partial charge in [0.2, 0.25) is 0 Å². The molecule has 0 saturated heterocycles. The molecule has 0 radical (unpaired) electrons. The minimum atomic E-state index is 0.597. The summed E-state index contributed by atoms with van der Waals surface area (Å²) in [6.07, 6.45) is 0. The monoisotopic (exact) mass is 682 g/mol. The summed E-state index contributed by atoms with van der Waals surface area (Å²) in [5.74, 6) is 1.85. The molecular formula is C46H26N4OS. The number of pyridine rings is 1. The number of benzene rings is 7. The number of hydrogen-bond donors (Lipinski definition) is 0. The van der Waals surface area contributed by atoms with Gasteiger partial charge in [0.15, 0.2) is 17.5 Å². The molecule has 11 rings (SSSR count). The summed E-state index contributed by atoms with van der Waals surface area (Å²) in [5.41, 5.74) is 7.51. The van der Waals surface area contributed by atoms with E-state index in [1.54, 1.807) is 11.3 Å². The third-order valence-corrected chi connectivity index (χ3v) is 11.2. The first-order valence-corrected chi connectivity index (χ1v) is 18.0. The Morgan fingerprint density at radius 1 is 0.385 bits per heavy atom. The fourth-order valence-corrected chi connectivity index (χ4v) is 8.86. The lowest BCUT2D eigenvalue weighted by Gasteiger charge is -2.11. The van der Waals surface area contributed by atoms with E-state index in [1.807, 2.05) is 60.7 Å². The average Bonchev–Trinajstić information content (AvgIpc) is 3.79. The van der Waals surface area contributed by atoms with Crippen LogP contribution < -0.4 is 0 Å². The van der Waals surface area contributed by atoms with Gasteiger partial charge in [-0.1, -0.05) is 127 Å². The molecule has 0 spiro atoms. The van der Waals surface area contributed by atoms with E-state index in [9.17, 15) is 0 Å². The average molecular weight is 683 g/mol. The summed E-state index contributed by atoms with van der Waals surface area (Å²) in [5, 5.41) is 8.04. The van der Waals surface area contributed by atoms with Crippen molar-refractivity contribution in [1.29, 1.82) is 0 Å². The van der Waals surface area contributed by atoms with Crippen LogP contribution in [0.15, 0.2) is 162 Å². The van der Waals surface area contributed by atoms with Crippen molar-refractivity contribution in [3.8, 4) is 45.4 Å². The second kappa shape index (κ2) is 11.4. The minimum absolute atomic E-state index is 0.597. The Bertz CT molecular complexity index is 3190. The van der Waals surface area contributed by atoms with Crippen LogP contribution in [0.3, 0.4) is 0 Å². The Morgan fingerprint density at radius 2 is 1.00 bits per heavy atom. The first kappa shape index (κ1) is 29.0. The molecule has 0 unspecified atom stereocenters. The summed E-state index contributed by atoms with van der Waals surface area (Å²) in [7, 11) is 0. The largest absolute Gasteiger partial charge is 0.456 e. The minimum Gasteiger partial charge on any atom is -0.456 e. The molecule has 5 nitrogen and oxygen atoms in total. The first-order valence-electron chi connectivity index (χ1n) is 17.2. The number of fused-ring (bicyclic) bond motifs is 10. The van der Waals surface area contributed by atoms with E-state index in [2.05, 4.69) is 97.1 Å². The number of furan rings is 1. The van der Waals surface area contributed by atoms with Crippen LogP contribution in [0.5, 0.6) is 0 Å². The van der Waals surface area contributed by atoms with E-state index in [4.69, 9.17) is 24.4 Å². The molecule has 0 N–H and O–H groups in total. The molecule has 52 heavy (non-hydrogen) atoms. The Morgan fingerprint density at radius 3 is 1.85 bits per heavy atom. The van der Waals surface area contributed by atoms with E-state index >= 15 is 0 Å². The van der Waals surface area contributed by atoms with E-state index in [1.165, 1.54) is 20.9 Å². The molecule has 0 aliphatic rings. The van der Waals surface area contributed by atoms with E-state index < -0.39 is 0 Å². The van der Waals surface area contributed by atoms with Gasteiger partial charge in [-0.2, -0.15) is 0 Å². The smallest absolute Gasteiger partial charge is 0.165 e. The molecule has 0 atom stereocenters. The second-order valence-corrected chi connectivity index (χ2v) is 14.0. The van der Waals surface area contributed by atoms with Gasteiger partial charge >= 0.3 is 0 Å². The quantitative estimate of drug-likeness (QED) is 0.173. The predicted octanol–water partition coefficient (Wildman–Crippen LogP) is 12.5. The van der Waals surface area contributed by atoms with Crippen LogP contribution in [0, 0.1) is 0 Å². The molecule has 4 aromatic heterocycles. The lowest BCUT2D eigenvalue weighted by molar-refractivity contribution is 0.669. The van der Waals surface area contributed by atoms with Gasteiger partial charge in [0.1, 0.15) is 11.2 Å². The van der Waals surface area contributed by atoms with E-state index in [0.29, 0.717) is 17.5 Å². The zero-order valence-electron chi connectivity index (χ0n) is 27.6. The van der Waals surface area contributed by atoms with Crippen LogP contribution in [-0.4, -0.2) is 19.9 Å². The highest BCUT2D eigenvalue weighted by atomic mass is 32.1. The lowest BCUT2D eigenvalue weighted by atomic mass is 9.98. The van der Waals surface area contributed by atoms with Crippen LogP contribution in [0.2, 0.25) is 0 Å². The Hall–Kier alpha value is -6.76. The summed E-state index contributed by atoms with van der Waals surface area (Å²) in [6.45, 7) is 0. The highest BCUT2D eigenvalue weighted by Gasteiger charge is 2.20. The number of aromatic nitrogens is 4. The number of para-hydroxylation sites is 2. The number of thiophene rings is 1. The van der Waals surface area contributed by atoms with Crippen LogP contribution in [-0.2, 0) is 0 Å². The summed E-state index contributed by atoms with van der Waals surface area (Å²) in [6, 6.07) is 54.3. The standard InChI is InChI=1S/C46H26N4OS/c1-3-12-27(13-4-1)41-35-25-24-33-32-18-11-19-36(42(32)52-43(33)40(35)34-17-7-9-20-37(34)47-41)46-49-44(28-14-5-2-6-15-28)48-45(50-46)29-22-23-31-30-16-8-10-21-38(30)51-39(31)26-29/h1-26H. The molecule has 0 aliphatic heterocycles. The number of rotatable bonds is 4. The van der Waals surface area contributed by atoms with Crippen LogP contribution >= 0.6 is 11.3 Å². The van der Waals surface area contributed by atoms with Crippen LogP contribution in [0.1, 0.15) is 0 Å². The van der Waals surface area contributed by atoms with Gasteiger partial charge in [0, 0.05) is 69.4 Å². The molecule has 0 saturated carbocycles. The van der Waals surface area contributed by atoms with E-state index in [-0.39, 0.29) is 0 Å². The molecule has 4 heterocycles. The molecule has 6 heteroatoms. The second-order valence-electron chi connectivity index (χ2n) is 13.0. The van der Waals surface area contributed by atoms with Gasteiger partial charge in [-0.15, -0.1) is 11.3 Å². The SMILES string of the molecule is c1ccc(-c2nc(-c3ccc4c(c3)oc3ccccc34)nc(-c3cccc4c3sc3c4ccc4c(-c5ccccc5)nc5ccccc5c43)n2)cc1. The van der Waals surface area contributed by atoms with Gasteiger partial charge in [0.25, 0.3) is 0 Å². The maximum atomic E-state index is 6.26. The molecule has 0 amide bonds. The Balaban J connectivity index is 1.17. The van der Waals surface area contributed by atoms with Gasteiger partial charge in [0.05, 0.1) is 11.2 Å². The van der Waals surface area contributed by atoms with Gasteiger partial charge < -0.3 is 4.42 Å². The lowest BCUT2D eigenvalue weighted by Crippen LogP contribution is -2.00. The molecule has 0 bridgehead atoms. The number of hydrogen-bond acceptors (Lipinski definition) is 6. The van der Waals surface area contributed by atoms with Crippen molar-refractivity contribution in [3.05, 3.63) is 158 Å². The van der Waals surface area contributed by atoms with Crippen molar-refractivity contribution in [3.63, 3.8) is 0 Å². The third kappa shape index (κ3) is 4.48. The normalized spacial score (nSPS) is 11.8. The predicted molar refractivity (Wildman–Crippen MR) is 215 cm³/mol. The van der Waals surface area contributed by atoms with Crippen LogP contribution in [0.25, 0.3) is 109 Å². The van der Waals surface area contributed by atoms with Crippen molar-refractivity contribution in [2.75, 3.05) is 0 Å². The Labute approximate surface area is 301 Å². The summed E-state index contributed by atoms with van der Waals surface area (Å²) in [4.78, 5) is 20.5. The molecule has 242 valence electrons. The van der Waals surface area contributed by atoms with Gasteiger partial charge in [-0.25, -0.2) is 19.9 Å². The highest BCUT2D eigenvalue weighted by Crippen LogP contribution is 2.46. The topological polar surface area (TPSA) is 64.7 Å². The van der Waals surface area contributed by atoms with Gasteiger partial charge in [-0.3, -0.25) is 0 Å². The third-order valence-electron chi connectivity index (χ3n) is 9.92. The fourth-order valence-electron chi connectivity index (χ4n) is 7.49. The maximum absolute atomic E-state index is 6.26. The van der Waals surface area contributed by atoms with E-state index in [0.717, 1.165) is 70.9 Å². The molecule has 11 aromatic rings. The first-order chi connectivity index (χ1) is 25.8. The molecule has 0 fully saturated rings. The van der Waals surface area contributed by atoms with Crippen molar-refractivity contribution >= 4 is 75.1 Å². The zero-order chi connectivity index (χ0) is 34.2. The maximum Gasteiger partial charge on any atom is 0.165 e. The van der Waals surface area contributed by atoms with Crippen molar-refractivity contribution in [2.45, 2.75) is 0 Å². The number of nitrogens with zero attached hydrogens (tertiary/aromatic N) is 4. The highest BCUT2D eigenvalue weighted by molar-refractivity contribution is 7.27. The zero-order valence-corrected chi connectivity index (χ0v) is 28.4. The van der Waals surface area contributed by atoms with Gasteiger partial charge in [-0.05, 0) is 30.3 Å². The van der Waals surface area contributed by atoms with Crippen LogP contribution in [0.4, 0.5) is 0 Å².